The van der Waals surface area contributed by atoms with Crippen molar-refractivity contribution in [1.29, 1.82) is 0 Å². The van der Waals surface area contributed by atoms with Crippen LogP contribution < -0.4 is 14.8 Å². The van der Waals surface area contributed by atoms with Crippen molar-refractivity contribution < 1.29 is 17.9 Å². The van der Waals surface area contributed by atoms with Gasteiger partial charge in [-0.25, -0.2) is 13.4 Å². The number of ether oxygens (including phenoxy) is 1. The largest absolute Gasteiger partial charge is 0.484 e. The summed E-state index contributed by atoms with van der Waals surface area (Å²) in [6.45, 7) is 3.83. The third-order valence-corrected chi connectivity index (χ3v) is 6.12. The quantitative estimate of drug-likeness (QED) is 0.612. The molecular formula is C19H19N3O4S2. The first-order chi connectivity index (χ1) is 13.3. The minimum atomic E-state index is -3.72. The molecule has 7 nitrogen and oxygen atoms in total. The Hall–Kier alpha value is -2.91. The summed E-state index contributed by atoms with van der Waals surface area (Å²) in [7, 11) is -3.72. The number of hydrogen-bond acceptors (Lipinski definition) is 6. The van der Waals surface area contributed by atoms with Gasteiger partial charge < -0.3 is 10.1 Å². The Morgan fingerprint density at radius 1 is 1.11 bits per heavy atom. The Morgan fingerprint density at radius 2 is 1.86 bits per heavy atom. The molecule has 0 atom stereocenters. The molecule has 0 aliphatic carbocycles. The summed E-state index contributed by atoms with van der Waals surface area (Å²) in [5.41, 5.74) is 2.71. The highest BCUT2D eigenvalue weighted by atomic mass is 32.2. The van der Waals surface area contributed by atoms with Crippen molar-refractivity contribution in [2.45, 2.75) is 18.7 Å². The van der Waals surface area contributed by atoms with E-state index in [1.54, 1.807) is 5.38 Å². The first kappa shape index (κ1) is 19.8. The maximum Gasteiger partial charge on any atom is 0.263 e. The summed E-state index contributed by atoms with van der Waals surface area (Å²) < 4.78 is 32.5. The van der Waals surface area contributed by atoms with Gasteiger partial charge in [0.15, 0.2) is 11.7 Å². The van der Waals surface area contributed by atoms with E-state index in [1.165, 1.54) is 41.8 Å². The molecular weight excluding hydrogens is 398 g/mol. The van der Waals surface area contributed by atoms with E-state index in [1.807, 2.05) is 32.0 Å². The number of benzene rings is 2. The predicted molar refractivity (Wildman–Crippen MR) is 109 cm³/mol. The zero-order chi connectivity index (χ0) is 20.1. The Balaban J connectivity index is 1.57. The Bertz CT molecular complexity index is 1060. The van der Waals surface area contributed by atoms with Gasteiger partial charge in [0, 0.05) is 17.3 Å². The number of amides is 1. The van der Waals surface area contributed by atoms with Crippen LogP contribution in [0.1, 0.15) is 11.1 Å². The molecule has 0 radical (unpaired) electrons. The first-order valence-electron chi connectivity index (χ1n) is 8.36. The number of nitrogens with one attached hydrogen (secondary N) is 2. The van der Waals surface area contributed by atoms with Crippen molar-refractivity contribution in [3.63, 3.8) is 0 Å². The van der Waals surface area contributed by atoms with Crippen LogP contribution in [-0.4, -0.2) is 25.9 Å². The highest BCUT2D eigenvalue weighted by Crippen LogP contribution is 2.20. The van der Waals surface area contributed by atoms with E-state index in [9.17, 15) is 13.2 Å². The van der Waals surface area contributed by atoms with E-state index < -0.39 is 10.0 Å². The second kappa shape index (κ2) is 8.41. The van der Waals surface area contributed by atoms with Crippen molar-refractivity contribution in [2.24, 2.45) is 0 Å². The monoisotopic (exact) mass is 417 g/mol. The molecule has 1 aromatic heterocycles. The van der Waals surface area contributed by atoms with Gasteiger partial charge in [-0.05, 0) is 61.4 Å². The molecule has 3 rings (SSSR count). The fourth-order valence-corrected chi connectivity index (χ4v) is 4.10. The van der Waals surface area contributed by atoms with Gasteiger partial charge in [0.1, 0.15) is 5.75 Å². The fourth-order valence-electron chi connectivity index (χ4n) is 2.31. The number of thiazole rings is 1. The normalized spacial score (nSPS) is 11.1. The van der Waals surface area contributed by atoms with Crippen molar-refractivity contribution >= 4 is 38.1 Å². The van der Waals surface area contributed by atoms with Crippen molar-refractivity contribution in [3.05, 3.63) is 65.2 Å². The van der Waals surface area contributed by atoms with E-state index >= 15 is 0 Å². The fraction of sp³-hybridized carbons (Fsp3) is 0.158. The van der Waals surface area contributed by atoms with Crippen LogP contribution in [0.25, 0.3) is 0 Å². The van der Waals surface area contributed by atoms with E-state index in [0.717, 1.165) is 11.1 Å². The van der Waals surface area contributed by atoms with Crippen LogP contribution in [0.15, 0.2) is 58.9 Å². The molecule has 3 aromatic rings. The zero-order valence-electron chi connectivity index (χ0n) is 15.3. The van der Waals surface area contributed by atoms with Crippen molar-refractivity contribution in [1.82, 2.24) is 4.98 Å². The van der Waals surface area contributed by atoms with Crippen molar-refractivity contribution in [3.8, 4) is 5.75 Å². The summed E-state index contributed by atoms with van der Waals surface area (Å²) in [6, 6.07) is 11.5. The van der Waals surface area contributed by atoms with E-state index in [2.05, 4.69) is 15.0 Å². The van der Waals surface area contributed by atoms with Crippen LogP contribution in [-0.2, 0) is 14.8 Å². The summed E-state index contributed by atoms with van der Waals surface area (Å²) in [4.78, 5) is 16.0. The van der Waals surface area contributed by atoms with Gasteiger partial charge in [-0.1, -0.05) is 6.07 Å². The van der Waals surface area contributed by atoms with Crippen LogP contribution in [0.5, 0.6) is 5.75 Å². The molecule has 0 aliphatic rings. The first-order valence-corrected chi connectivity index (χ1v) is 10.7. The lowest BCUT2D eigenvalue weighted by Gasteiger charge is -2.10. The SMILES string of the molecule is Cc1ccc(OCC(=O)Nc2ccc(S(=O)(=O)Nc3nccs3)cc2)cc1C. The Labute approximate surface area is 167 Å². The summed E-state index contributed by atoms with van der Waals surface area (Å²) >= 11 is 1.19. The number of sulfonamides is 1. The number of nitrogens with zero attached hydrogens (tertiary/aromatic N) is 1. The number of aromatic nitrogens is 1. The molecule has 28 heavy (non-hydrogen) atoms. The van der Waals surface area contributed by atoms with Crippen LogP contribution in [0.3, 0.4) is 0 Å². The van der Waals surface area contributed by atoms with E-state index in [-0.39, 0.29) is 17.4 Å². The van der Waals surface area contributed by atoms with Crippen LogP contribution in [0, 0.1) is 13.8 Å². The van der Waals surface area contributed by atoms with E-state index in [4.69, 9.17) is 4.74 Å². The van der Waals surface area contributed by atoms with Gasteiger partial charge in [0.25, 0.3) is 15.9 Å². The van der Waals surface area contributed by atoms with Gasteiger partial charge in [-0.15, -0.1) is 11.3 Å². The minimum Gasteiger partial charge on any atom is -0.484 e. The zero-order valence-corrected chi connectivity index (χ0v) is 16.9. The molecule has 0 fully saturated rings. The molecule has 0 saturated carbocycles. The standard InChI is InChI=1S/C19H19N3O4S2/c1-13-3-6-16(11-14(13)2)26-12-18(23)21-15-4-7-17(8-5-15)28(24,25)22-19-20-9-10-27-19/h3-11H,12H2,1-2H3,(H,20,22)(H,21,23). The number of rotatable bonds is 7. The molecule has 0 spiro atoms. The lowest BCUT2D eigenvalue weighted by Crippen LogP contribution is -2.20. The number of aryl methyl sites for hydroxylation is 2. The van der Waals surface area contributed by atoms with E-state index in [0.29, 0.717) is 16.6 Å². The molecule has 0 unspecified atom stereocenters. The minimum absolute atomic E-state index is 0.0760. The summed E-state index contributed by atoms with van der Waals surface area (Å²) in [6.07, 6.45) is 1.52. The smallest absolute Gasteiger partial charge is 0.263 e. The van der Waals surface area contributed by atoms with Gasteiger partial charge in [0.2, 0.25) is 0 Å². The summed E-state index contributed by atoms with van der Waals surface area (Å²) in [5, 5.41) is 4.64. The second-order valence-electron chi connectivity index (χ2n) is 6.05. The molecule has 146 valence electrons. The number of carbonyl (C=O) groups is 1. The third kappa shape index (κ3) is 5.08. The number of carbonyl (C=O) groups excluding carboxylic acids is 1. The average molecular weight is 418 g/mol. The third-order valence-electron chi connectivity index (χ3n) is 3.95. The molecule has 1 amide bonds. The second-order valence-corrected chi connectivity index (χ2v) is 8.63. The Morgan fingerprint density at radius 3 is 2.50 bits per heavy atom. The van der Waals surface area contributed by atoms with Gasteiger partial charge in [-0.3, -0.25) is 9.52 Å². The van der Waals surface area contributed by atoms with Gasteiger partial charge in [0.05, 0.1) is 4.90 Å². The molecule has 0 saturated heterocycles. The predicted octanol–water partition coefficient (Wildman–Crippen LogP) is 3.58. The molecule has 9 heteroatoms. The van der Waals surface area contributed by atoms with Gasteiger partial charge in [-0.2, -0.15) is 0 Å². The molecule has 0 bridgehead atoms. The molecule has 1 heterocycles. The molecule has 2 N–H and O–H groups in total. The Kier molecular flexibility index (Phi) is 5.96. The molecule has 2 aromatic carbocycles. The van der Waals surface area contributed by atoms with Gasteiger partial charge >= 0.3 is 0 Å². The lowest BCUT2D eigenvalue weighted by atomic mass is 10.1. The maximum absolute atomic E-state index is 12.3. The number of anilines is 2. The lowest BCUT2D eigenvalue weighted by molar-refractivity contribution is -0.118. The molecule has 0 aliphatic heterocycles. The average Bonchev–Trinajstić information content (AvgIpc) is 3.15. The van der Waals surface area contributed by atoms with Crippen LogP contribution in [0.2, 0.25) is 0 Å². The highest BCUT2D eigenvalue weighted by molar-refractivity contribution is 7.93. The van der Waals surface area contributed by atoms with Crippen LogP contribution >= 0.6 is 11.3 Å². The van der Waals surface area contributed by atoms with Crippen LogP contribution in [0.4, 0.5) is 10.8 Å². The topological polar surface area (TPSA) is 97.4 Å². The highest BCUT2D eigenvalue weighted by Gasteiger charge is 2.15. The maximum atomic E-state index is 12.3. The van der Waals surface area contributed by atoms with Crippen molar-refractivity contribution in [2.75, 3.05) is 16.6 Å². The summed E-state index contributed by atoms with van der Waals surface area (Å²) in [5.74, 6) is 0.280. The number of hydrogen-bond donors (Lipinski definition) is 2.